The van der Waals surface area contributed by atoms with Crippen LogP contribution in [0.4, 0.5) is 0 Å². The number of ether oxygens (including phenoxy) is 2. The van der Waals surface area contributed by atoms with Crippen molar-refractivity contribution in [3.05, 3.63) is 29.6 Å². The Morgan fingerprint density at radius 3 is 2.75 bits per heavy atom. The van der Waals surface area contributed by atoms with Crippen molar-refractivity contribution in [2.24, 2.45) is 10.7 Å². The molecule has 150 valence electrons. The van der Waals surface area contributed by atoms with E-state index in [0.29, 0.717) is 30.4 Å². The van der Waals surface area contributed by atoms with E-state index in [2.05, 4.69) is 14.9 Å². The van der Waals surface area contributed by atoms with Crippen molar-refractivity contribution in [1.82, 2.24) is 14.9 Å². The molecule has 3 rings (SSSR count). The Kier molecular flexibility index (Phi) is 5.69. The number of aromatic nitrogens is 2. The van der Waals surface area contributed by atoms with Crippen LogP contribution in [0, 0.1) is 5.41 Å². The van der Waals surface area contributed by atoms with Crippen molar-refractivity contribution in [3.63, 3.8) is 0 Å². The second kappa shape index (κ2) is 8.02. The molecule has 0 aliphatic carbocycles. The maximum Gasteiger partial charge on any atom is 0.155 e. The van der Waals surface area contributed by atoms with E-state index in [0.717, 1.165) is 22.7 Å². The van der Waals surface area contributed by atoms with Gasteiger partial charge in [0.05, 0.1) is 19.2 Å². The SMILES string of the molecule is COc1cc2c(cc1[C@H](C)N)-c1nc(/C(=N/C(C)=N)NC(C)C)cn1CCO2. The van der Waals surface area contributed by atoms with Crippen LogP contribution in [0.15, 0.2) is 23.3 Å². The molecule has 2 aromatic rings. The summed E-state index contributed by atoms with van der Waals surface area (Å²) in [6.07, 6.45) is 1.95. The highest BCUT2D eigenvalue weighted by Crippen LogP contribution is 2.39. The number of methoxy groups -OCH3 is 1. The van der Waals surface area contributed by atoms with Gasteiger partial charge in [-0.3, -0.25) is 5.41 Å². The van der Waals surface area contributed by atoms with Gasteiger partial charge >= 0.3 is 0 Å². The van der Waals surface area contributed by atoms with Gasteiger partial charge in [0.1, 0.15) is 35.5 Å². The van der Waals surface area contributed by atoms with Crippen LogP contribution in [0.1, 0.15) is 45.0 Å². The van der Waals surface area contributed by atoms with Crippen molar-refractivity contribution in [2.45, 2.75) is 46.3 Å². The van der Waals surface area contributed by atoms with Gasteiger partial charge in [-0.25, -0.2) is 9.98 Å². The first-order valence-electron chi connectivity index (χ1n) is 9.38. The van der Waals surface area contributed by atoms with Gasteiger partial charge in [0.15, 0.2) is 5.84 Å². The Balaban J connectivity index is 2.14. The minimum absolute atomic E-state index is 0.171. The summed E-state index contributed by atoms with van der Waals surface area (Å²) in [6, 6.07) is 3.85. The smallest absolute Gasteiger partial charge is 0.155 e. The molecular formula is C20H28N6O2. The summed E-state index contributed by atoms with van der Waals surface area (Å²) in [4.78, 5) is 9.15. The average Bonchev–Trinajstić information content (AvgIpc) is 2.96. The molecule has 0 amide bonds. The predicted octanol–water partition coefficient (Wildman–Crippen LogP) is 2.71. The number of hydrogen-bond donors (Lipinski definition) is 3. The van der Waals surface area contributed by atoms with Crippen LogP contribution >= 0.6 is 0 Å². The van der Waals surface area contributed by atoms with E-state index in [9.17, 15) is 0 Å². The van der Waals surface area contributed by atoms with Crippen molar-refractivity contribution in [1.29, 1.82) is 5.41 Å². The Morgan fingerprint density at radius 1 is 1.39 bits per heavy atom. The number of rotatable bonds is 4. The zero-order valence-electron chi connectivity index (χ0n) is 17.0. The number of nitrogens with two attached hydrogens (primary N) is 1. The number of nitrogens with zero attached hydrogens (tertiary/aromatic N) is 3. The van der Waals surface area contributed by atoms with E-state index >= 15 is 0 Å². The largest absolute Gasteiger partial charge is 0.496 e. The summed E-state index contributed by atoms with van der Waals surface area (Å²) >= 11 is 0. The fourth-order valence-corrected chi connectivity index (χ4v) is 3.18. The van der Waals surface area contributed by atoms with E-state index in [4.69, 9.17) is 25.6 Å². The van der Waals surface area contributed by atoms with Crippen LogP contribution in [0.5, 0.6) is 11.5 Å². The van der Waals surface area contributed by atoms with E-state index in [1.54, 1.807) is 14.0 Å². The molecule has 4 N–H and O–H groups in total. The molecule has 0 fully saturated rings. The molecule has 1 aromatic heterocycles. The lowest BCUT2D eigenvalue weighted by atomic mass is 10.0. The number of benzene rings is 1. The number of amidine groups is 2. The standard InChI is InChI=1S/C20H28N6O2/c1-11(2)23-19(24-13(4)22)16-10-26-6-7-28-18-9-17(27-5)14(12(3)21)8-15(18)20(26)25-16/h8-12H,6-7,21H2,1-5H3,(H2,22,23,24)/t12-/m0/s1. The van der Waals surface area contributed by atoms with Crippen molar-refractivity contribution in [3.8, 4) is 22.9 Å². The predicted molar refractivity (Wildman–Crippen MR) is 111 cm³/mol. The van der Waals surface area contributed by atoms with Gasteiger partial charge in [-0.15, -0.1) is 0 Å². The molecule has 0 saturated heterocycles. The highest BCUT2D eigenvalue weighted by molar-refractivity contribution is 6.04. The fourth-order valence-electron chi connectivity index (χ4n) is 3.18. The average molecular weight is 384 g/mol. The lowest BCUT2D eigenvalue weighted by Crippen LogP contribution is -2.32. The Labute approximate surface area is 165 Å². The molecule has 1 aromatic carbocycles. The molecule has 0 radical (unpaired) electrons. The van der Waals surface area contributed by atoms with Gasteiger partial charge in [0.25, 0.3) is 0 Å². The number of imidazole rings is 1. The molecule has 0 bridgehead atoms. The number of fused-ring (bicyclic) bond motifs is 3. The van der Waals surface area contributed by atoms with Crippen LogP contribution in [-0.4, -0.2) is 41.0 Å². The maximum atomic E-state index is 7.74. The Bertz CT molecular complexity index is 914. The first-order valence-corrected chi connectivity index (χ1v) is 9.38. The molecule has 0 spiro atoms. The third-order valence-electron chi connectivity index (χ3n) is 4.38. The third kappa shape index (κ3) is 4.01. The molecule has 0 unspecified atom stereocenters. The minimum Gasteiger partial charge on any atom is -0.496 e. The normalized spacial score (nSPS) is 14.6. The highest BCUT2D eigenvalue weighted by atomic mass is 16.5. The van der Waals surface area contributed by atoms with E-state index in [1.165, 1.54) is 0 Å². The van der Waals surface area contributed by atoms with Crippen molar-refractivity contribution >= 4 is 11.7 Å². The fraction of sp³-hybridized carbons (Fsp3) is 0.450. The van der Waals surface area contributed by atoms with E-state index in [-0.39, 0.29) is 17.9 Å². The summed E-state index contributed by atoms with van der Waals surface area (Å²) < 4.78 is 13.5. The first-order chi connectivity index (χ1) is 13.3. The molecule has 0 saturated carbocycles. The quantitative estimate of drug-likeness (QED) is 0.554. The van der Waals surface area contributed by atoms with Gasteiger partial charge in [-0.1, -0.05) is 0 Å². The summed E-state index contributed by atoms with van der Waals surface area (Å²) in [7, 11) is 1.63. The summed E-state index contributed by atoms with van der Waals surface area (Å²) in [5, 5.41) is 11.0. The van der Waals surface area contributed by atoms with Gasteiger partial charge in [0.2, 0.25) is 0 Å². The Hall–Kier alpha value is -2.87. The third-order valence-corrected chi connectivity index (χ3v) is 4.38. The molecule has 2 heterocycles. The maximum absolute atomic E-state index is 7.74. The Morgan fingerprint density at radius 2 is 2.14 bits per heavy atom. The summed E-state index contributed by atoms with van der Waals surface area (Å²) in [5.41, 5.74) is 8.60. The minimum atomic E-state index is -0.188. The van der Waals surface area contributed by atoms with Crippen LogP contribution in [-0.2, 0) is 6.54 Å². The van der Waals surface area contributed by atoms with Gasteiger partial charge in [0, 0.05) is 29.9 Å². The molecule has 8 nitrogen and oxygen atoms in total. The lowest BCUT2D eigenvalue weighted by Gasteiger charge is -2.16. The van der Waals surface area contributed by atoms with Crippen LogP contribution in [0.2, 0.25) is 0 Å². The molecule has 8 heteroatoms. The number of hydrogen-bond acceptors (Lipinski definition) is 5. The highest BCUT2D eigenvalue weighted by Gasteiger charge is 2.23. The van der Waals surface area contributed by atoms with E-state index < -0.39 is 0 Å². The van der Waals surface area contributed by atoms with Gasteiger partial charge in [-0.2, -0.15) is 0 Å². The monoisotopic (exact) mass is 384 g/mol. The zero-order chi connectivity index (χ0) is 20.4. The van der Waals surface area contributed by atoms with Gasteiger partial charge in [-0.05, 0) is 33.8 Å². The molecular weight excluding hydrogens is 356 g/mol. The van der Waals surface area contributed by atoms with Crippen LogP contribution < -0.4 is 20.5 Å². The number of nitrogens with one attached hydrogen (secondary N) is 2. The molecule has 1 aliphatic rings. The van der Waals surface area contributed by atoms with E-state index in [1.807, 2.05) is 39.1 Å². The van der Waals surface area contributed by atoms with Crippen molar-refractivity contribution in [2.75, 3.05) is 13.7 Å². The second-order valence-electron chi connectivity index (χ2n) is 7.22. The second-order valence-corrected chi connectivity index (χ2v) is 7.22. The van der Waals surface area contributed by atoms with Crippen LogP contribution in [0.25, 0.3) is 11.4 Å². The molecule has 28 heavy (non-hydrogen) atoms. The first kappa shape index (κ1) is 19.9. The topological polar surface area (TPSA) is 111 Å². The molecule has 1 aliphatic heterocycles. The lowest BCUT2D eigenvalue weighted by molar-refractivity contribution is 0.304. The number of aliphatic imine (C=N–C) groups is 1. The summed E-state index contributed by atoms with van der Waals surface area (Å²) in [6.45, 7) is 8.80. The van der Waals surface area contributed by atoms with Crippen molar-refractivity contribution < 1.29 is 9.47 Å². The van der Waals surface area contributed by atoms with Crippen LogP contribution in [0.3, 0.4) is 0 Å². The molecule has 1 atom stereocenters. The summed E-state index contributed by atoms with van der Waals surface area (Å²) in [5.74, 6) is 3.02. The zero-order valence-corrected chi connectivity index (χ0v) is 17.0. The van der Waals surface area contributed by atoms with Gasteiger partial charge < -0.3 is 25.1 Å².